The van der Waals surface area contributed by atoms with Crippen LogP contribution in [0.5, 0.6) is 5.75 Å². The minimum atomic E-state index is 0.189. The molecule has 2 aliphatic rings. The summed E-state index contributed by atoms with van der Waals surface area (Å²) in [6, 6.07) is 10.2. The van der Waals surface area contributed by atoms with Crippen molar-refractivity contribution in [3.05, 3.63) is 30.3 Å². The van der Waals surface area contributed by atoms with E-state index in [0.717, 1.165) is 29.9 Å². The Morgan fingerprint density at radius 1 is 1.17 bits per heavy atom. The summed E-state index contributed by atoms with van der Waals surface area (Å²) in [7, 11) is 0. The summed E-state index contributed by atoms with van der Waals surface area (Å²) in [5, 5.41) is 0. The third kappa shape index (κ3) is 2.69. The van der Waals surface area contributed by atoms with Crippen molar-refractivity contribution in [2.45, 2.75) is 38.1 Å². The van der Waals surface area contributed by atoms with Crippen LogP contribution in [0, 0.1) is 17.8 Å². The molecule has 2 saturated carbocycles. The fourth-order valence-corrected chi connectivity index (χ4v) is 3.84. The van der Waals surface area contributed by atoms with Crippen molar-refractivity contribution in [3.8, 4) is 5.75 Å². The molecule has 0 spiro atoms. The lowest BCUT2D eigenvalue weighted by molar-refractivity contribution is 0.234. The van der Waals surface area contributed by atoms with Crippen LogP contribution in [0.15, 0.2) is 30.3 Å². The van der Waals surface area contributed by atoms with Crippen molar-refractivity contribution < 1.29 is 4.74 Å². The number of hydrogen-bond acceptors (Lipinski definition) is 2. The number of benzene rings is 1. The van der Waals surface area contributed by atoms with E-state index in [2.05, 4.69) is 0 Å². The molecule has 0 radical (unpaired) electrons. The first-order chi connectivity index (χ1) is 8.81. The molecular formula is C16H23NO. The summed E-state index contributed by atoms with van der Waals surface area (Å²) >= 11 is 0. The van der Waals surface area contributed by atoms with Gasteiger partial charge in [-0.1, -0.05) is 24.6 Å². The number of hydrogen-bond donors (Lipinski definition) is 1. The number of rotatable bonds is 5. The highest BCUT2D eigenvalue weighted by Gasteiger charge is 2.39. The molecule has 0 saturated heterocycles. The molecule has 1 aromatic carbocycles. The van der Waals surface area contributed by atoms with Crippen LogP contribution in [-0.4, -0.2) is 12.6 Å². The largest absolute Gasteiger partial charge is 0.492 e. The van der Waals surface area contributed by atoms with E-state index in [9.17, 15) is 0 Å². The average molecular weight is 245 g/mol. The van der Waals surface area contributed by atoms with Gasteiger partial charge in [-0.05, 0) is 55.6 Å². The molecule has 4 unspecified atom stereocenters. The van der Waals surface area contributed by atoms with Gasteiger partial charge in [0.2, 0.25) is 0 Å². The maximum atomic E-state index is 6.21. The monoisotopic (exact) mass is 245 g/mol. The van der Waals surface area contributed by atoms with Gasteiger partial charge in [-0.25, -0.2) is 0 Å². The Labute approximate surface area is 110 Å². The van der Waals surface area contributed by atoms with Gasteiger partial charge in [-0.2, -0.15) is 0 Å². The first-order valence-electron chi connectivity index (χ1n) is 7.24. The second-order valence-electron chi connectivity index (χ2n) is 6.05. The molecule has 0 aliphatic heterocycles. The Morgan fingerprint density at radius 2 is 2.00 bits per heavy atom. The lowest BCUT2D eigenvalue weighted by Crippen LogP contribution is -2.31. The molecule has 2 bridgehead atoms. The third-order valence-corrected chi connectivity index (χ3v) is 4.70. The lowest BCUT2D eigenvalue weighted by atomic mass is 9.84. The van der Waals surface area contributed by atoms with Crippen LogP contribution in [0.4, 0.5) is 0 Å². The Morgan fingerprint density at radius 3 is 2.67 bits per heavy atom. The van der Waals surface area contributed by atoms with E-state index in [-0.39, 0.29) is 6.04 Å². The number of nitrogens with two attached hydrogens (primary N) is 1. The molecule has 0 amide bonds. The molecule has 0 heterocycles. The lowest BCUT2D eigenvalue weighted by Gasteiger charge is -2.24. The smallest absolute Gasteiger partial charge is 0.119 e. The van der Waals surface area contributed by atoms with Gasteiger partial charge in [-0.15, -0.1) is 0 Å². The Kier molecular flexibility index (Phi) is 3.55. The van der Waals surface area contributed by atoms with Gasteiger partial charge in [0.25, 0.3) is 0 Å². The summed E-state index contributed by atoms with van der Waals surface area (Å²) in [4.78, 5) is 0. The molecule has 1 aromatic rings. The standard InChI is InChI=1S/C16H23NO/c17-15(11-18-16-4-2-1-3-5-16)10-14-9-12-6-7-13(14)8-12/h1-5,12-15H,6-11,17H2. The van der Waals surface area contributed by atoms with E-state index in [0.29, 0.717) is 6.61 Å². The van der Waals surface area contributed by atoms with E-state index >= 15 is 0 Å². The topological polar surface area (TPSA) is 35.2 Å². The van der Waals surface area contributed by atoms with Crippen LogP contribution in [0.3, 0.4) is 0 Å². The summed E-state index contributed by atoms with van der Waals surface area (Å²) < 4.78 is 5.73. The van der Waals surface area contributed by atoms with Crippen molar-refractivity contribution in [1.82, 2.24) is 0 Å². The molecule has 2 aliphatic carbocycles. The van der Waals surface area contributed by atoms with Gasteiger partial charge in [0.05, 0.1) is 0 Å². The molecule has 2 heteroatoms. The molecule has 4 atom stereocenters. The minimum Gasteiger partial charge on any atom is -0.492 e. The van der Waals surface area contributed by atoms with Gasteiger partial charge in [0.15, 0.2) is 0 Å². The Bertz CT molecular complexity index is 378. The van der Waals surface area contributed by atoms with Crippen LogP contribution in [0.2, 0.25) is 0 Å². The van der Waals surface area contributed by atoms with Gasteiger partial charge in [0.1, 0.15) is 12.4 Å². The zero-order chi connectivity index (χ0) is 12.4. The van der Waals surface area contributed by atoms with E-state index in [1.165, 1.54) is 25.7 Å². The van der Waals surface area contributed by atoms with Gasteiger partial charge >= 0.3 is 0 Å². The predicted octanol–water partition coefficient (Wildman–Crippen LogP) is 3.22. The molecule has 2 nitrogen and oxygen atoms in total. The second kappa shape index (κ2) is 5.31. The van der Waals surface area contributed by atoms with Crippen LogP contribution < -0.4 is 10.5 Å². The highest BCUT2D eigenvalue weighted by atomic mass is 16.5. The van der Waals surface area contributed by atoms with Crippen molar-refractivity contribution in [1.29, 1.82) is 0 Å². The molecular weight excluding hydrogens is 222 g/mol. The zero-order valence-electron chi connectivity index (χ0n) is 10.9. The third-order valence-electron chi connectivity index (χ3n) is 4.70. The van der Waals surface area contributed by atoms with E-state index in [4.69, 9.17) is 10.5 Å². The first kappa shape index (κ1) is 12.0. The van der Waals surface area contributed by atoms with Gasteiger partial charge in [0, 0.05) is 6.04 Å². The quantitative estimate of drug-likeness (QED) is 0.864. The number of para-hydroxylation sites is 1. The number of fused-ring (bicyclic) bond motifs is 2. The normalized spacial score (nSPS) is 31.5. The fourth-order valence-electron chi connectivity index (χ4n) is 3.84. The van der Waals surface area contributed by atoms with Crippen molar-refractivity contribution in [2.24, 2.45) is 23.5 Å². The highest BCUT2D eigenvalue weighted by Crippen LogP contribution is 2.49. The Balaban J connectivity index is 1.43. The second-order valence-corrected chi connectivity index (χ2v) is 6.05. The van der Waals surface area contributed by atoms with Crippen LogP contribution in [-0.2, 0) is 0 Å². The maximum absolute atomic E-state index is 6.21. The van der Waals surface area contributed by atoms with Crippen LogP contribution >= 0.6 is 0 Å². The van der Waals surface area contributed by atoms with Crippen LogP contribution in [0.25, 0.3) is 0 Å². The summed E-state index contributed by atoms with van der Waals surface area (Å²) in [5.74, 6) is 3.79. The van der Waals surface area contributed by atoms with E-state index in [1.807, 2.05) is 30.3 Å². The average Bonchev–Trinajstić information content (AvgIpc) is 3.00. The molecule has 2 fully saturated rings. The van der Waals surface area contributed by atoms with Crippen LogP contribution in [0.1, 0.15) is 32.1 Å². The molecule has 18 heavy (non-hydrogen) atoms. The number of ether oxygens (including phenoxy) is 1. The first-order valence-corrected chi connectivity index (χ1v) is 7.24. The summed E-state index contributed by atoms with van der Waals surface area (Å²) in [6.45, 7) is 0.651. The van der Waals surface area contributed by atoms with Crippen molar-refractivity contribution in [2.75, 3.05) is 6.61 Å². The predicted molar refractivity (Wildman–Crippen MR) is 73.5 cm³/mol. The molecule has 98 valence electrons. The maximum Gasteiger partial charge on any atom is 0.119 e. The molecule has 0 aromatic heterocycles. The van der Waals surface area contributed by atoms with E-state index in [1.54, 1.807) is 0 Å². The highest BCUT2D eigenvalue weighted by molar-refractivity contribution is 5.20. The van der Waals surface area contributed by atoms with Gasteiger partial charge in [-0.3, -0.25) is 0 Å². The molecule has 2 N–H and O–H groups in total. The molecule has 3 rings (SSSR count). The zero-order valence-corrected chi connectivity index (χ0v) is 10.9. The van der Waals surface area contributed by atoms with Crippen molar-refractivity contribution >= 4 is 0 Å². The van der Waals surface area contributed by atoms with Gasteiger partial charge < -0.3 is 10.5 Å². The summed E-state index contributed by atoms with van der Waals surface area (Å²) in [5.41, 5.74) is 6.21. The Hall–Kier alpha value is -1.02. The minimum absolute atomic E-state index is 0.189. The van der Waals surface area contributed by atoms with Crippen molar-refractivity contribution in [3.63, 3.8) is 0 Å². The summed E-state index contributed by atoms with van der Waals surface area (Å²) in [6.07, 6.45) is 6.95. The fraction of sp³-hybridized carbons (Fsp3) is 0.625. The van der Waals surface area contributed by atoms with E-state index < -0.39 is 0 Å². The SMILES string of the molecule is NC(COc1ccccc1)CC1CC2CCC1C2.